The van der Waals surface area contributed by atoms with E-state index in [4.69, 9.17) is 24.7 Å². The quantitative estimate of drug-likeness (QED) is 0.143. The van der Waals surface area contributed by atoms with Crippen LogP contribution in [0, 0.1) is 17.8 Å². The van der Waals surface area contributed by atoms with E-state index in [9.17, 15) is 70.9 Å². The Kier molecular flexibility index (Phi) is 26.5. The molecule has 0 aliphatic carbocycles. The Morgan fingerprint density at radius 2 is 1.27 bits per heavy atom. The molecule has 15 N–H and O–H groups in total. The van der Waals surface area contributed by atoms with Gasteiger partial charge in [0.05, 0.1) is 105 Å². The number of hydrogen-bond donors (Lipinski definition) is 14. The summed E-state index contributed by atoms with van der Waals surface area (Å²) < 4.78 is 23.5. The zero-order chi connectivity index (χ0) is 52.1. The van der Waals surface area contributed by atoms with Gasteiger partial charge in [-0.05, 0) is 33.1 Å². The molecule has 3 heterocycles. The fourth-order valence-electron chi connectivity index (χ4n) is 8.44. The van der Waals surface area contributed by atoms with Crippen LogP contribution >= 0.6 is 0 Å². The lowest BCUT2D eigenvalue weighted by Crippen LogP contribution is -2.62. The zero-order valence-corrected chi connectivity index (χ0v) is 40.5. The summed E-state index contributed by atoms with van der Waals surface area (Å²) in [5, 5.41) is 131. The molecule has 2 bridgehead atoms. The van der Waals surface area contributed by atoms with Crippen LogP contribution in [0.25, 0.3) is 0 Å². The summed E-state index contributed by atoms with van der Waals surface area (Å²) in [5.74, 6) is -6.18. The van der Waals surface area contributed by atoms with Crippen LogP contribution in [0.5, 0.6) is 0 Å². The Morgan fingerprint density at radius 1 is 0.700 bits per heavy atom. The maximum atomic E-state index is 13.7. The highest BCUT2D eigenvalue weighted by atomic mass is 16.7. The number of amides is 1. The predicted molar refractivity (Wildman–Crippen MR) is 255 cm³/mol. The number of nitrogens with one attached hydrogen (secondary N) is 1. The van der Waals surface area contributed by atoms with Crippen molar-refractivity contribution in [1.82, 2.24) is 5.32 Å². The molecule has 0 aromatic carbocycles. The van der Waals surface area contributed by atoms with Gasteiger partial charge >= 0.3 is 5.97 Å². The molecule has 2 saturated heterocycles. The largest absolute Gasteiger partial charge is 0.462 e. The summed E-state index contributed by atoms with van der Waals surface area (Å²) in [6.07, 6.45) is 3.19. The molecule has 3 rings (SSSR count). The summed E-state index contributed by atoms with van der Waals surface area (Å²) in [6, 6.07) is -2.29. The molecule has 0 radical (unpaired) electrons. The fourth-order valence-corrected chi connectivity index (χ4v) is 8.44. The Labute approximate surface area is 410 Å². The van der Waals surface area contributed by atoms with Crippen LogP contribution in [0.2, 0.25) is 0 Å². The van der Waals surface area contributed by atoms with Crippen molar-refractivity contribution >= 4 is 11.9 Å². The SMILES string of the molecule is C[C@@H]1OC(=O)CC(O)CC(O)CCC(O)C(O)CC(O)CC2(O)C[C@H](O)C(C(=O)NC(CO)CO)[C@H](CC(O[C@@H]3O[C@H](C)[C@@H](O)[C@H](N)C3O)/C=C/C=C/C=C/C=C/C=C/C=C/C=C/[C@H](C)C(O)[C@H]1C)O2. The normalized spacial score (nSPS) is 43.1. The molecule has 20 heteroatoms. The average Bonchev–Trinajstić information content (AvgIpc) is 3.29. The molecule has 10 unspecified atom stereocenters. The van der Waals surface area contributed by atoms with Crippen molar-refractivity contribution in [3.8, 4) is 0 Å². The second-order valence-corrected chi connectivity index (χ2v) is 18.8. The van der Waals surface area contributed by atoms with E-state index in [0.29, 0.717) is 0 Å². The lowest BCUT2D eigenvalue weighted by Gasteiger charge is -2.46. The van der Waals surface area contributed by atoms with E-state index in [1.54, 1.807) is 86.8 Å². The second kappa shape index (κ2) is 30.5. The molecule has 0 aromatic heterocycles. The van der Waals surface area contributed by atoms with Gasteiger partial charge in [0.25, 0.3) is 0 Å². The number of allylic oxidation sites excluding steroid dienone is 12. The number of aliphatic hydroxyl groups excluding tert-OH is 11. The number of hydrogen-bond acceptors (Lipinski definition) is 19. The molecule has 0 aromatic rings. The van der Waals surface area contributed by atoms with Gasteiger partial charge in [-0.2, -0.15) is 0 Å². The van der Waals surface area contributed by atoms with Crippen LogP contribution < -0.4 is 11.1 Å². The van der Waals surface area contributed by atoms with Gasteiger partial charge in [0.1, 0.15) is 12.2 Å². The maximum Gasteiger partial charge on any atom is 0.308 e. The van der Waals surface area contributed by atoms with Crippen molar-refractivity contribution in [3.05, 3.63) is 85.1 Å². The number of carbonyl (C=O) groups is 2. The zero-order valence-electron chi connectivity index (χ0n) is 40.5. The van der Waals surface area contributed by atoms with Gasteiger partial charge in [-0.25, -0.2) is 0 Å². The van der Waals surface area contributed by atoms with Crippen molar-refractivity contribution in [2.75, 3.05) is 13.2 Å². The van der Waals surface area contributed by atoms with Crippen molar-refractivity contribution < 1.29 is 89.8 Å². The van der Waals surface area contributed by atoms with Crippen LogP contribution in [-0.4, -0.2) is 190 Å². The standard InChI is InChI=1S/C50H80N2O18/c1-29-17-15-13-11-9-7-5-6-8-10-12-14-16-18-37(69-49-47(64)44(51)46(63)32(4)68-49)24-41-43(48(65)52-33(27-53)28-54)40(60)26-50(66,70-41)25-36(57)22-39(59)38(58)20-19-34(55)21-35(56)23-42(61)67-31(3)30(2)45(29)62/h5-18,29-41,43-47,49,53-60,62-64,66H,19-28,51H2,1-4H3,(H,52,65)/b6-5+,9-7+,10-8+,13-11+,14-12+,17-15+,18-16+/t29-,30-,31-,32+,34?,35?,36?,37?,38?,39?,40-,41-,43?,44-,45?,46+,47?,49-,50?/m0/s1. The Balaban J connectivity index is 1.94. The van der Waals surface area contributed by atoms with E-state index in [2.05, 4.69) is 5.32 Å². The predicted octanol–water partition coefficient (Wildman–Crippen LogP) is -0.903. The van der Waals surface area contributed by atoms with Gasteiger partial charge in [-0.3, -0.25) is 9.59 Å². The number of nitrogens with two attached hydrogens (primary N) is 1. The smallest absolute Gasteiger partial charge is 0.308 e. The monoisotopic (exact) mass is 997 g/mol. The first-order chi connectivity index (χ1) is 33.1. The molecule has 3 aliphatic rings. The first kappa shape index (κ1) is 60.8. The number of esters is 1. The third-order valence-electron chi connectivity index (χ3n) is 12.8. The first-order valence-electron chi connectivity index (χ1n) is 24.1. The van der Waals surface area contributed by atoms with E-state index in [0.717, 1.165) is 0 Å². The number of rotatable bonds is 6. The lowest BCUT2D eigenvalue weighted by atomic mass is 9.82. The van der Waals surface area contributed by atoms with Gasteiger partial charge in [0.15, 0.2) is 12.1 Å². The highest BCUT2D eigenvalue weighted by Crippen LogP contribution is 2.38. The second-order valence-electron chi connectivity index (χ2n) is 18.8. The fraction of sp³-hybridized carbons (Fsp3) is 0.680. The topological polar surface area (TPSA) is 352 Å². The Hall–Kier alpha value is -3.52. The third-order valence-corrected chi connectivity index (χ3v) is 12.8. The number of ether oxygens (including phenoxy) is 4. The highest BCUT2D eigenvalue weighted by Gasteiger charge is 2.51. The molecular weight excluding hydrogens is 917 g/mol. The Morgan fingerprint density at radius 3 is 1.86 bits per heavy atom. The van der Waals surface area contributed by atoms with Crippen molar-refractivity contribution in [2.24, 2.45) is 23.5 Å². The number of aliphatic hydroxyl groups is 12. The molecule has 0 saturated carbocycles. The van der Waals surface area contributed by atoms with Gasteiger partial charge in [-0.15, -0.1) is 0 Å². The van der Waals surface area contributed by atoms with E-state index in [1.807, 2.05) is 13.0 Å². The van der Waals surface area contributed by atoms with E-state index in [-0.39, 0.29) is 31.6 Å². The summed E-state index contributed by atoms with van der Waals surface area (Å²) in [7, 11) is 0. The molecule has 1 amide bonds. The van der Waals surface area contributed by atoms with Crippen LogP contribution in [-0.2, 0) is 28.5 Å². The highest BCUT2D eigenvalue weighted by molar-refractivity contribution is 5.80. The van der Waals surface area contributed by atoms with Gasteiger partial charge in [0.2, 0.25) is 5.91 Å². The molecule has 0 spiro atoms. The molecule has 3 aliphatic heterocycles. The van der Waals surface area contributed by atoms with E-state index < -0.39 is 166 Å². The summed E-state index contributed by atoms with van der Waals surface area (Å²) in [4.78, 5) is 26.4. The molecule has 70 heavy (non-hydrogen) atoms. The van der Waals surface area contributed by atoms with E-state index in [1.165, 1.54) is 13.0 Å². The minimum Gasteiger partial charge on any atom is -0.462 e. The number of cyclic esters (lactones) is 1. The van der Waals surface area contributed by atoms with Crippen molar-refractivity contribution in [2.45, 2.75) is 183 Å². The summed E-state index contributed by atoms with van der Waals surface area (Å²) in [5.41, 5.74) is 6.07. The number of fused-ring (bicyclic) bond motifs is 2. The molecule has 19 atom stereocenters. The maximum absolute atomic E-state index is 13.7. The van der Waals surface area contributed by atoms with Crippen LogP contribution in [0.4, 0.5) is 0 Å². The first-order valence-corrected chi connectivity index (χ1v) is 24.1. The number of carbonyl (C=O) groups excluding carboxylic acids is 2. The summed E-state index contributed by atoms with van der Waals surface area (Å²) in [6.45, 7) is 5.43. The van der Waals surface area contributed by atoms with Gasteiger partial charge in [0, 0.05) is 37.5 Å². The van der Waals surface area contributed by atoms with Gasteiger partial charge in [-0.1, -0.05) is 98.9 Å². The van der Waals surface area contributed by atoms with Crippen molar-refractivity contribution in [3.63, 3.8) is 0 Å². The minimum atomic E-state index is -2.35. The Bertz CT molecular complexity index is 1770. The molecule has 2 fully saturated rings. The minimum absolute atomic E-state index is 0.121. The van der Waals surface area contributed by atoms with Crippen LogP contribution in [0.3, 0.4) is 0 Å². The average molecular weight is 997 g/mol. The van der Waals surface area contributed by atoms with Crippen molar-refractivity contribution in [1.29, 1.82) is 0 Å². The van der Waals surface area contributed by atoms with Crippen LogP contribution in [0.15, 0.2) is 85.1 Å². The lowest BCUT2D eigenvalue weighted by molar-refractivity contribution is -0.307. The molecular formula is C50H80N2O18. The molecule has 398 valence electrons. The van der Waals surface area contributed by atoms with E-state index >= 15 is 0 Å². The van der Waals surface area contributed by atoms with Crippen LogP contribution in [0.1, 0.15) is 79.1 Å². The third kappa shape index (κ3) is 20.2. The molecule has 20 nitrogen and oxygen atoms in total. The summed E-state index contributed by atoms with van der Waals surface area (Å²) >= 11 is 0. The van der Waals surface area contributed by atoms with Gasteiger partial charge < -0.3 is 91.3 Å².